The lowest BCUT2D eigenvalue weighted by Gasteiger charge is -2.21. The summed E-state index contributed by atoms with van der Waals surface area (Å²) in [6, 6.07) is 13.3. The molecule has 0 radical (unpaired) electrons. The van der Waals surface area contributed by atoms with E-state index in [1.54, 1.807) is 24.9 Å². The van der Waals surface area contributed by atoms with Gasteiger partial charge in [-0.1, -0.05) is 12.1 Å². The van der Waals surface area contributed by atoms with Gasteiger partial charge in [-0.3, -0.25) is 0 Å². The number of imidazole rings is 1. The molecular weight excluding hydrogens is 406 g/mol. The fourth-order valence-electron chi connectivity index (χ4n) is 3.83. The molecule has 0 fully saturated rings. The maximum atomic E-state index is 5.50. The number of nitrogens with zero attached hydrogens (tertiary/aromatic N) is 6. The van der Waals surface area contributed by atoms with Crippen molar-refractivity contribution < 1.29 is 9.47 Å². The van der Waals surface area contributed by atoms with Crippen LogP contribution in [0.25, 0.3) is 16.6 Å². The van der Waals surface area contributed by atoms with E-state index in [0.717, 1.165) is 27.9 Å². The van der Waals surface area contributed by atoms with Crippen LogP contribution in [0, 0.1) is 6.92 Å². The average Bonchev–Trinajstić information content (AvgIpc) is 3.42. The van der Waals surface area contributed by atoms with E-state index >= 15 is 0 Å². The number of ether oxygens (including phenoxy) is 2. The molecular formula is C23H23N7O2. The van der Waals surface area contributed by atoms with Crippen LogP contribution < -0.4 is 14.8 Å². The highest BCUT2D eigenvalue weighted by Crippen LogP contribution is 2.32. The van der Waals surface area contributed by atoms with Gasteiger partial charge in [0.25, 0.3) is 0 Å². The van der Waals surface area contributed by atoms with Crippen LogP contribution >= 0.6 is 0 Å². The Bertz CT molecular complexity index is 1400. The molecule has 0 amide bonds. The second kappa shape index (κ2) is 7.84. The Morgan fingerprint density at radius 2 is 1.75 bits per heavy atom. The molecule has 0 saturated heterocycles. The summed E-state index contributed by atoms with van der Waals surface area (Å²) in [6.45, 7) is 1.87. The van der Waals surface area contributed by atoms with E-state index in [1.807, 2.05) is 67.2 Å². The Morgan fingerprint density at radius 1 is 1.00 bits per heavy atom. The van der Waals surface area contributed by atoms with Crippen molar-refractivity contribution in [3.63, 3.8) is 0 Å². The third-order valence-corrected chi connectivity index (χ3v) is 5.38. The number of aryl methyl sites for hydroxylation is 2. The van der Waals surface area contributed by atoms with Crippen LogP contribution in [0.2, 0.25) is 0 Å². The van der Waals surface area contributed by atoms with Crippen LogP contribution in [0.5, 0.6) is 11.5 Å². The van der Waals surface area contributed by atoms with Crippen molar-refractivity contribution in [3.8, 4) is 11.5 Å². The van der Waals surface area contributed by atoms with E-state index in [-0.39, 0.29) is 6.04 Å². The van der Waals surface area contributed by atoms with Crippen LogP contribution in [0.3, 0.4) is 0 Å². The Balaban J connectivity index is 1.71. The molecule has 5 aromatic rings. The van der Waals surface area contributed by atoms with Crippen molar-refractivity contribution in [1.82, 2.24) is 29.1 Å². The third kappa shape index (κ3) is 3.37. The van der Waals surface area contributed by atoms with E-state index in [4.69, 9.17) is 14.5 Å². The van der Waals surface area contributed by atoms with E-state index in [1.165, 1.54) is 0 Å². The maximum absolute atomic E-state index is 5.50. The first-order valence-corrected chi connectivity index (χ1v) is 10.2. The molecule has 0 aliphatic carbocycles. The number of para-hydroxylation sites is 1. The molecule has 0 aliphatic heterocycles. The zero-order valence-electron chi connectivity index (χ0n) is 18.3. The standard InChI is InChI=1S/C23H23N7O2/c1-14-25-21-18-7-5-6-8-19(18)26-23(30(21)28-14)27-20(22-24-9-10-29(22)2)15-11-16(31-3)13-17(12-15)32-4/h5-13,20H,1-4H3,(H,26,27). The highest BCUT2D eigenvalue weighted by atomic mass is 16.5. The summed E-state index contributed by atoms with van der Waals surface area (Å²) < 4.78 is 14.7. The number of methoxy groups -OCH3 is 2. The van der Waals surface area contributed by atoms with Gasteiger partial charge in [0.05, 0.1) is 19.7 Å². The number of benzene rings is 2. The minimum absolute atomic E-state index is 0.347. The first-order valence-electron chi connectivity index (χ1n) is 10.2. The van der Waals surface area contributed by atoms with Gasteiger partial charge in [0.15, 0.2) is 5.65 Å². The predicted octanol–water partition coefficient (Wildman–Crippen LogP) is 3.54. The molecule has 5 rings (SSSR count). The molecule has 3 aromatic heterocycles. The fraction of sp³-hybridized carbons (Fsp3) is 0.217. The zero-order valence-corrected chi connectivity index (χ0v) is 18.3. The van der Waals surface area contributed by atoms with E-state index in [0.29, 0.717) is 23.3 Å². The van der Waals surface area contributed by atoms with Crippen LogP contribution in [0.15, 0.2) is 54.9 Å². The number of rotatable bonds is 6. The van der Waals surface area contributed by atoms with Crippen molar-refractivity contribution in [2.75, 3.05) is 19.5 Å². The lowest BCUT2D eigenvalue weighted by Crippen LogP contribution is -2.20. The van der Waals surface area contributed by atoms with Crippen molar-refractivity contribution in [3.05, 3.63) is 72.1 Å². The van der Waals surface area contributed by atoms with E-state index < -0.39 is 0 Å². The Kier molecular flexibility index (Phi) is 4.85. The Labute approximate surface area is 184 Å². The van der Waals surface area contributed by atoms with Gasteiger partial charge in [0.1, 0.15) is 29.2 Å². The molecule has 162 valence electrons. The van der Waals surface area contributed by atoms with Crippen molar-refractivity contribution in [2.24, 2.45) is 7.05 Å². The first kappa shape index (κ1) is 19.8. The van der Waals surface area contributed by atoms with Crippen LogP contribution in [-0.4, -0.2) is 43.4 Å². The number of fused-ring (bicyclic) bond motifs is 3. The van der Waals surface area contributed by atoms with Gasteiger partial charge in [-0.25, -0.2) is 15.0 Å². The predicted molar refractivity (Wildman–Crippen MR) is 121 cm³/mol. The lowest BCUT2D eigenvalue weighted by molar-refractivity contribution is 0.393. The Hall–Kier alpha value is -4.14. The summed E-state index contributed by atoms with van der Waals surface area (Å²) in [5.41, 5.74) is 2.49. The molecule has 1 atom stereocenters. The minimum atomic E-state index is -0.347. The van der Waals surface area contributed by atoms with Gasteiger partial charge in [-0.2, -0.15) is 4.52 Å². The molecule has 0 saturated carbocycles. The molecule has 32 heavy (non-hydrogen) atoms. The van der Waals surface area contributed by atoms with Crippen LogP contribution in [-0.2, 0) is 7.05 Å². The fourth-order valence-corrected chi connectivity index (χ4v) is 3.83. The summed E-state index contributed by atoms with van der Waals surface area (Å²) in [6.07, 6.45) is 3.68. The minimum Gasteiger partial charge on any atom is -0.497 e. The van der Waals surface area contributed by atoms with Gasteiger partial charge in [-0.05, 0) is 36.8 Å². The molecule has 0 bridgehead atoms. The molecule has 2 aromatic carbocycles. The normalized spacial score (nSPS) is 12.2. The molecule has 9 nitrogen and oxygen atoms in total. The molecule has 3 heterocycles. The highest BCUT2D eigenvalue weighted by molar-refractivity contribution is 5.92. The first-order chi connectivity index (χ1) is 15.6. The van der Waals surface area contributed by atoms with Gasteiger partial charge in [0, 0.05) is 30.9 Å². The van der Waals surface area contributed by atoms with Crippen molar-refractivity contribution in [1.29, 1.82) is 0 Å². The third-order valence-electron chi connectivity index (χ3n) is 5.38. The number of hydrogen-bond acceptors (Lipinski definition) is 7. The number of nitrogens with one attached hydrogen (secondary N) is 1. The van der Waals surface area contributed by atoms with E-state index in [9.17, 15) is 0 Å². The summed E-state index contributed by atoms with van der Waals surface area (Å²) in [7, 11) is 5.22. The quantitative estimate of drug-likeness (QED) is 0.441. The second-order valence-electron chi connectivity index (χ2n) is 7.47. The molecule has 1 unspecified atom stereocenters. The largest absolute Gasteiger partial charge is 0.497 e. The van der Waals surface area contributed by atoms with E-state index in [2.05, 4.69) is 20.4 Å². The Morgan fingerprint density at radius 3 is 2.44 bits per heavy atom. The van der Waals surface area contributed by atoms with Crippen LogP contribution in [0.4, 0.5) is 5.95 Å². The van der Waals surface area contributed by atoms with Gasteiger partial charge >= 0.3 is 0 Å². The van der Waals surface area contributed by atoms with Crippen molar-refractivity contribution in [2.45, 2.75) is 13.0 Å². The van der Waals surface area contributed by atoms with Gasteiger partial charge < -0.3 is 19.4 Å². The van der Waals surface area contributed by atoms with Gasteiger partial charge in [-0.15, -0.1) is 5.10 Å². The molecule has 0 spiro atoms. The topological polar surface area (TPSA) is 91.4 Å². The summed E-state index contributed by atoms with van der Waals surface area (Å²) in [5, 5.41) is 9.07. The molecule has 0 aliphatic rings. The molecule has 9 heteroatoms. The average molecular weight is 429 g/mol. The van der Waals surface area contributed by atoms with Crippen molar-refractivity contribution >= 4 is 22.5 Å². The summed E-state index contributed by atoms with van der Waals surface area (Å²) in [4.78, 5) is 14.1. The number of anilines is 1. The van der Waals surface area contributed by atoms with Crippen LogP contribution in [0.1, 0.15) is 23.3 Å². The maximum Gasteiger partial charge on any atom is 0.227 e. The summed E-state index contributed by atoms with van der Waals surface area (Å²) >= 11 is 0. The molecule has 1 N–H and O–H groups in total. The lowest BCUT2D eigenvalue weighted by atomic mass is 10.1. The SMILES string of the molecule is COc1cc(OC)cc(C(Nc2nc3ccccc3c3nc(C)nn23)c2nccn2C)c1. The summed E-state index contributed by atoms with van der Waals surface area (Å²) in [5.74, 6) is 3.42. The smallest absolute Gasteiger partial charge is 0.227 e. The number of hydrogen-bond donors (Lipinski definition) is 1. The highest BCUT2D eigenvalue weighted by Gasteiger charge is 2.23. The van der Waals surface area contributed by atoms with Gasteiger partial charge in [0.2, 0.25) is 5.95 Å². The monoisotopic (exact) mass is 429 g/mol. The zero-order chi connectivity index (χ0) is 22.2. The second-order valence-corrected chi connectivity index (χ2v) is 7.47. The number of aromatic nitrogens is 6.